The van der Waals surface area contributed by atoms with E-state index in [1.165, 1.54) is 11.2 Å². The molecular weight excluding hydrogens is 124 g/mol. The van der Waals surface area contributed by atoms with Gasteiger partial charge in [-0.25, -0.2) is 8.42 Å². The molecule has 0 unspecified atom stereocenters. The maximum Gasteiger partial charge on any atom is 0.175 e. The first-order chi connectivity index (χ1) is 3.71. The SMILES string of the molecule is O=S1(=O)[CH]CCC=C1. The van der Waals surface area contributed by atoms with Gasteiger partial charge in [0.25, 0.3) is 0 Å². The molecule has 1 heterocycles. The molecule has 0 N–H and O–H groups in total. The van der Waals surface area contributed by atoms with Crippen LogP contribution < -0.4 is 0 Å². The van der Waals surface area contributed by atoms with Crippen molar-refractivity contribution < 1.29 is 8.42 Å². The van der Waals surface area contributed by atoms with Crippen LogP contribution in [0.15, 0.2) is 11.5 Å². The molecule has 1 aliphatic heterocycles. The highest BCUT2D eigenvalue weighted by molar-refractivity contribution is 7.96. The Kier molecular flexibility index (Phi) is 1.38. The van der Waals surface area contributed by atoms with E-state index in [9.17, 15) is 8.42 Å². The summed E-state index contributed by atoms with van der Waals surface area (Å²) in [5.41, 5.74) is 0. The van der Waals surface area contributed by atoms with Gasteiger partial charge in [-0.2, -0.15) is 0 Å². The van der Waals surface area contributed by atoms with Crippen LogP contribution in [0, 0.1) is 5.75 Å². The van der Waals surface area contributed by atoms with Crippen LogP contribution >= 0.6 is 0 Å². The Hall–Kier alpha value is -0.310. The lowest BCUT2D eigenvalue weighted by Gasteiger charge is -2.00. The maximum atomic E-state index is 10.5. The second-order valence-electron chi connectivity index (χ2n) is 1.70. The zero-order valence-electron chi connectivity index (χ0n) is 4.37. The Labute approximate surface area is 49.1 Å². The molecule has 0 spiro atoms. The lowest BCUT2D eigenvalue weighted by atomic mass is 10.3. The fourth-order valence-electron chi connectivity index (χ4n) is 0.586. The lowest BCUT2D eigenvalue weighted by molar-refractivity contribution is 0.606. The highest BCUT2D eigenvalue weighted by atomic mass is 32.2. The minimum Gasteiger partial charge on any atom is -0.224 e. The monoisotopic (exact) mass is 131 g/mol. The first-order valence-corrected chi connectivity index (χ1v) is 4.06. The topological polar surface area (TPSA) is 34.1 Å². The van der Waals surface area contributed by atoms with Crippen LogP contribution in [-0.4, -0.2) is 8.42 Å². The zero-order chi connectivity index (χ0) is 6.04. The first-order valence-electron chi connectivity index (χ1n) is 2.45. The van der Waals surface area contributed by atoms with Crippen LogP contribution in [-0.2, 0) is 9.84 Å². The molecule has 45 valence electrons. The molecule has 0 fully saturated rings. The van der Waals surface area contributed by atoms with Gasteiger partial charge >= 0.3 is 0 Å². The molecule has 3 heteroatoms. The molecule has 0 amide bonds. The standard InChI is InChI=1S/C5H7O2S/c6-8(7)4-2-1-3-5-8/h2,4-5H,1,3H2. The molecule has 0 aliphatic carbocycles. The van der Waals surface area contributed by atoms with Crippen molar-refractivity contribution in [2.45, 2.75) is 12.8 Å². The van der Waals surface area contributed by atoms with E-state index in [4.69, 9.17) is 0 Å². The summed E-state index contributed by atoms with van der Waals surface area (Å²) in [7, 11) is -2.89. The Bertz CT molecular complexity index is 188. The van der Waals surface area contributed by atoms with Gasteiger partial charge < -0.3 is 0 Å². The van der Waals surface area contributed by atoms with Gasteiger partial charge in [-0.3, -0.25) is 0 Å². The molecule has 0 bridgehead atoms. The van der Waals surface area contributed by atoms with Crippen molar-refractivity contribution in [3.63, 3.8) is 0 Å². The van der Waals surface area contributed by atoms with Gasteiger partial charge in [0.2, 0.25) is 0 Å². The summed E-state index contributed by atoms with van der Waals surface area (Å²) in [6, 6.07) is 0. The molecule has 2 nitrogen and oxygen atoms in total. The zero-order valence-corrected chi connectivity index (χ0v) is 5.19. The van der Waals surface area contributed by atoms with Crippen molar-refractivity contribution in [3.05, 3.63) is 17.2 Å². The van der Waals surface area contributed by atoms with Crippen molar-refractivity contribution in [2.75, 3.05) is 0 Å². The van der Waals surface area contributed by atoms with E-state index < -0.39 is 9.84 Å². The van der Waals surface area contributed by atoms with Gasteiger partial charge in [0.15, 0.2) is 9.84 Å². The third-order valence-electron chi connectivity index (χ3n) is 0.969. The Balaban J connectivity index is 2.87. The maximum absolute atomic E-state index is 10.5. The molecule has 1 radical (unpaired) electrons. The second kappa shape index (κ2) is 1.90. The fourth-order valence-corrected chi connectivity index (χ4v) is 1.57. The minimum absolute atomic E-state index is 0.666. The van der Waals surface area contributed by atoms with Gasteiger partial charge in [0.05, 0.1) is 5.75 Å². The van der Waals surface area contributed by atoms with Crippen LogP contribution in [0.3, 0.4) is 0 Å². The van der Waals surface area contributed by atoms with E-state index in [2.05, 4.69) is 0 Å². The predicted molar refractivity (Wildman–Crippen MR) is 31.6 cm³/mol. The van der Waals surface area contributed by atoms with Crippen molar-refractivity contribution >= 4 is 9.84 Å². The third-order valence-corrected chi connectivity index (χ3v) is 2.24. The molecule has 1 rings (SSSR count). The Morgan fingerprint density at radius 3 is 2.25 bits per heavy atom. The minimum atomic E-state index is -2.89. The predicted octanol–water partition coefficient (Wildman–Crippen LogP) is 0.870. The van der Waals surface area contributed by atoms with E-state index in [1.54, 1.807) is 6.08 Å². The third kappa shape index (κ3) is 1.33. The number of hydrogen-bond donors (Lipinski definition) is 0. The number of allylic oxidation sites excluding steroid dienone is 1. The summed E-state index contributed by atoms with van der Waals surface area (Å²) in [6.45, 7) is 0. The largest absolute Gasteiger partial charge is 0.224 e. The molecule has 0 aromatic rings. The summed E-state index contributed by atoms with van der Waals surface area (Å²) in [6.07, 6.45) is 3.20. The quantitative estimate of drug-likeness (QED) is 0.489. The van der Waals surface area contributed by atoms with Crippen LogP contribution in [0.5, 0.6) is 0 Å². The Morgan fingerprint density at radius 2 is 2.00 bits per heavy atom. The van der Waals surface area contributed by atoms with Gasteiger partial charge in [0.1, 0.15) is 0 Å². The smallest absolute Gasteiger partial charge is 0.175 e. The molecule has 1 aliphatic rings. The van der Waals surface area contributed by atoms with Gasteiger partial charge in [-0.1, -0.05) is 6.08 Å². The average Bonchev–Trinajstić information content (AvgIpc) is 1.65. The van der Waals surface area contributed by atoms with Crippen LogP contribution in [0.2, 0.25) is 0 Å². The summed E-state index contributed by atoms with van der Waals surface area (Å²) in [4.78, 5) is 0. The molecule has 0 aromatic heterocycles. The van der Waals surface area contributed by atoms with E-state index in [1.807, 2.05) is 0 Å². The van der Waals surface area contributed by atoms with Crippen molar-refractivity contribution in [1.82, 2.24) is 0 Å². The fraction of sp³-hybridized carbons (Fsp3) is 0.400. The molecule has 0 atom stereocenters. The van der Waals surface area contributed by atoms with Crippen LogP contribution in [0.4, 0.5) is 0 Å². The van der Waals surface area contributed by atoms with Gasteiger partial charge in [-0.15, -0.1) is 0 Å². The Morgan fingerprint density at radius 1 is 1.25 bits per heavy atom. The van der Waals surface area contributed by atoms with Crippen molar-refractivity contribution in [2.24, 2.45) is 0 Å². The molecule has 0 aromatic carbocycles. The normalized spacial score (nSPS) is 25.5. The number of sulfone groups is 1. The van der Waals surface area contributed by atoms with Gasteiger partial charge in [-0.05, 0) is 12.8 Å². The van der Waals surface area contributed by atoms with E-state index >= 15 is 0 Å². The molecule has 0 saturated carbocycles. The summed E-state index contributed by atoms with van der Waals surface area (Å²) in [5.74, 6) is 1.34. The van der Waals surface area contributed by atoms with E-state index in [0.717, 1.165) is 6.42 Å². The highest BCUT2D eigenvalue weighted by Gasteiger charge is 2.08. The number of rotatable bonds is 0. The second-order valence-corrected chi connectivity index (χ2v) is 3.49. The summed E-state index contributed by atoms with van der Waals surface area (Å²) >= 11 is 0. The summed E-state index contributed by atoms with van der Waals surface area (Å²) in [5, 5.41) is 1.25. The van der Waals surface area contributed by atoms with Crippen molar-refractivity contribution in [3.8, 4) is 0 Å². The van der Waals surface area contributed by atoms with Gasteiger partial charge in [0, 0.05) is 5.41 Å². The van der Waals surface area contributed by atoms with Crippen molar-refractivity contribution in [1.29, 1.82) is 0 Å². The number of hydrogen-bond acceptors (Lipinski definition) is 2. The molecular formula is C5H7O2S. The highest BCUT2D eigenvalue weighted by Crippen LogP contribution is 2.11. The molecule has 8 heavy (non-hydrogen) atoms. The van der Waals surface area contributed by atoms with Crippen LogP contribution in [0.25, 0.3) is 0 Å². The van der Waals surface area contributed by atoms with E-state index in [0.29, 0.717) is 6.42 Å². The summed E-state index contributed by atoms with van der Waals surface area (Å²) < 4.78 is 21.0. The first kappa shape index (κ1) is 5.82. The lowest BCUT2D eigenvalue weighted by Crippen LogP contribution is -1.98. The van der Waals surface area contributed by atoms with Crippen LogP contribution in [0.1, 0.15) is 12.8 Å². The average molecular weight is 131 g/mol. The molecule has 0 saturated heterocycles. The van der Waals surface area contributed by atoms with E-state index in [-0.39, 0.29) is 0 Å².